The summed E-state index contributed by atoms with van der Waals surface area (Å²) >= 11 is 7.97. The molecule has 1 aliphatic heterocycles. The summed E-state index contributed by atoms with van der Waals surface area (Å²) < 4.78 is 6.02. The van der Waals surface area contributed by atoms with Gasteiger partial charge in [0.15, 0.2) is 0 Å². The van der Waals surface area contributed by atoms with Crippen LogP contribution in [0.5, 0.6) is 5.75 Å². The molecule has 1 amide bonds. The molecule has 1 aliphatic rings. The Balaban J connectivity index is 1.53. The number of ether oxygens (including phenoxy) is 1. The zero-order valence-electron chi connectivity index (χ0n) is 18.5. The zero-order valence-corrected chi connectivity index (χ0v) is 20.1. The molecule has 2 N–H and O–H groups in total. The highest BCUT2D eigenvalue weighted by Gasteiger charge is 2.33. The summed E-state index contributed by atoms with van der Waals surface area (Å²) in [4.78, 5) is 25.8. The predicted octanol–water partition coefficient (Wildman–Crippen LogP) is 3.12. The SMILES string of the molecule is CNCC[C@@](O)(Oc1ccc(CN2CCN(C)c3ncncc3C2=O)cc1Cl)c1cccs1. The highest BCUT2D eigenvalue weighted by atomic mass is 35.5. The number of thiophene rings is 1. The van der Waals surface area contributed by atoms with Gasteiger partial charge in [0.25, 0.3) is 5.91 Å². The molecule has 0 fully saturated rings. The molecule has 0 spiro atoms. The van der Waals surface area contributed by atoms with Gasteiger partial charge < -0.3 is 25.0 Å². The molecule has 0 aliphatic carbocycles. The maximum Gasteiger partial charge on any atom is 0.259 e. The highest BCUT2D eigenvalue weighted by molar-refractivity contribution is 7.10. The zero-order chi connectivity index (χ0) is 23.4. The number of hydrogen-bond acceptors (Lipinski definition) is 8. The third kappa shape index (κ3) is 5.11. The molecule has 3 aromatic rings. The number of nitrogens with zero attached hydrogens (tertiary/aromatic N) is 4. The molecule has 1 atom stereocenters. The van der Waals surface area contributed by atoms with Crippen LogP contribution in [0, 0.1) is 0 Å². The third-order valence-electron chi connectivity index (χ3n) is 5.54. The lowest BCUT2D eigenvalue weighted by molar-refractivity contribution is -0.147. The summed E-state index contributed by atoms with van der Waals surface area (Å²) in [5.41, 5.74) is 1.34. The Bertz CT molecular complexity index is 1110. The average molecular weight is 488 g/mol. The molecule has 0 saturated carbocycles. The van der Waals surface area contributed by atoms with Crippen LogP contribution in [-0.2, 0) is 12.3 Å². The average Bonchev–Trinajstić information content (AvgIpc) is 3.34. The van der Waals surface area contributed by atoms with E-state index in [4.69, 9.17) is 16.3 Å². The van der Waals surface area contributed by atoms with Gasteiger partial charge in [0.05, 0.1) is 9.90 Å². The molecule has 2 aromatic heterocycles. The molecular weight excluding hydrogens is 462 g/mol. The topological polar surface area (TPSA) is 90.8 Å². The standard InChI is InChI=1S/C23H26ClN5O3S/c1-25-8-7-23(31,20-4-3-11-33-20)32-19-6-5-16(12-18(19)24)14-29-10-9-28(2)21-17(22(29)30)13-26-15-27-21/h3-6,11-13,15,25,31H,7-10,14H2,1-2H3/t23-/m1/s1. The van der Waals surface area contributed by atoms with Gasteiger partial charge in [0.2, 0.25) is 5.79 Å². The van der Waals surface area contributed by atoms with E-state index in [0.717, 1.165) is 5.56 Å². The number of hydrogen-bond donors (Lipinski definition) is 2. The summed E-state index contributed by atoms with van der Waals surface area (Å²) in [6, 6.07) is 9.08. The molecule has 0 radical (unpaired) electrons. The first kappa shape index (κ1) is 23.4. The molecule has 4 rings (SSSR count). The van der Waals surface area contributed by atoms with Crippen LogP contribution in [0.3, 0.4) is 0 Å². The lowest BCUT2D eigenvalue weighted by Gasteiger charge is -2.29. The first-order chi connectivity index (χ1) is 15.9. The van der Waals surface area contributed by atoms with E-state index in [1.54, 1.807) is 23.2 Å². The van der Waals surface area contributed by atoms with Crippen LogP contribution in [0.4, 0.5) is 5.82 Å². The number of likely N-dealkylation sites (N-methyl/N-ethyl adjacent to an activating group) is 1. The number of nitrogens with one attached hydrogen (secondary N) is 1. The number of carbonyl (C=O) groups excluding carboxylic acids is 1. The summed E-state index contributed by atoms with van der Waals surface area (Å²) in [6.07, 6.45) is 3.37. The summed E-state index contributed by atoms with van der Waals surface area (Å²) in [6.45, 7) is 2.16. The Morgan fingerprint density at radius 1 is 1.33 bits per heavy atom. The van der Waals surface area contributed by atoms with Gasteiger partial charge in [-0.05, 0) is 36.2 Å². The largest absolute Gasteiger partial charge is 0.456 e. The van der Waals surface area contributed by atoms with Gasteiger partial charge in [-0.3, -0.25) is 4.79 Å². The van der Waals surface area contributed by atoms with Crippen molar-refractivity contribution in [3.05, 3.63) is 69.3 Å². The summed E-state index contributed by atoms with van der Waals surface area (Å²) in [7, 11) is 3.73. The van der Waals surface area contributed by atoms with Crippen LogP contribution in [0.15, 0.2) is 48.2 Å². The molecule has 0 unspecified atom stereocenters. The lowest BCUT2D eigenvalue weighted by Crippen LogP contribution is -2.35. The van der Waals surface area contributed by atoms with Crippen LogP contribution in [-0.4, -0.2) is 59.6 Å². The number of aliphatic hydroxyl groups is 1. The Morgan fingerprint density at radius 3 is 2.91 bits per heavy atom. The van der Waals surface area contributed by atoms with Crippen molar-refractivity contribution < 1.29 is 14.6 Å². The van der Waals surface area contributed by atoms with Gasteiger partial charge >= 0.3 is 0 Å². The van der Waals surface area contributed by atoms with Crippen molar-refractivity contribution in [2.45, 2.75) is 18.8 Å². The number of fused-ring (bicyclic) bond motifs is 1. The minimum Gasteiger partial charge on any atom is -0.456 e. The van der Waals surface area contributed by atoms with E-state index in [0.29, 0.717) is 59.6 Å². The molecule has 3 heterocycles. The molecule has 10 heteroatoms. The first-order valence-corrected chi connectivity index (χ1v) is 11.9. The molecule has 174 valence electrons. The molecule has 33 heavy (non-hydrogen) atoms. The number of benzene rings is 1. The van der Waals surface area contributed by atoms with Crippen molar-refractivity contribution in [1.82, 2.24) is 20.2 Å². The van der Waals surface area contributed by atoms with Crippen LogP contribution in [0.1, 0.15) is 27.2 Å². The number of rotatable bonds is 8. The summed E-state index contributed by atoms with van der Waals surface area (Å²) in [5, 5.41) is 16.5. The smallest absolute Gasteiger partial charge is 0.259 e. The van der Waals surface area contributed by atoms with Gasteiger partial charge in [0.1, 0.15) is 23.5 Å². The highest BCUT2D eigenvalue weighted by Crippen LogP contribution is 2.36. The number of amides is 1. The van der Waals surface area contributed by atoms with Gasteiger partial charge in [-0.15, -0.1) is 11.3 Å². The van der Waals surface area contributed by atoms with Gasteiger partial charge in [-0.25, -0.2) is 9.97 Å². The van der Waals surface area contributed by atoms with Crippen molar-refractivity contribution in [2.75, 3.05) is 38.6 Å². The van der Waals surface area contributed by atoms with E-state index in [1.807, 2.05) is 42.6 Å². The Kier molecular flexibility index (Phi) is 7.14. The minimum atomic E-state index is -1.49. The van der Waals surface area contributed by atoms with Crippen LogP contribution in [0.25, 0.3) is 0 Å². The van der Waals surface area contributed by atoms with Crippen molar-refractivity contribution in [3.63, 3.8) is 0 Å². The maximum atomic E-state index is 13.1. The second-order valence-electron chi connectivity index (χ2n) is 7.89. The fourth-order valence-electron chi connectivity index (χ4n) is 3.73. The predicted molar refractivity (Wildman–Crippen MR) is 129 cm³/mol. The van der Waals surface area contributed by atoms with Crippen molar-refractivity contribution in [1.29, 1.82) is 0 Å². The number of halogens is 1. The van der Waals surface area contributed by atoms with Crippen LogP contribution in [0.2, 0.25) is 5.02 Å². The van der Waals surface area contributed by atoms with E-state index >= 15 is 0 Å². The van der Waals surface area contributed by atoms with Crippen LogP contribution >= 0.6 is 22.9 Å². The fraction of sp³-hybridized carbons (Fsp3) is 0.348. The Morgan fingerprint density at radius 2 is 2.18 bits per heavy atom. The second-order valence-corrected chi connectivity index (χ2v) is 9.25. The fourth-order valence-corrected chi connectivity index (χ4v) is 4.76. The van der Waals surface area contributed by atoms with E-state index in [9.17, 15) is 9.90 Å². The first-order valence-electron chi connectivity index (χ1n) is 10.6. The van der Waals surface area contributed by atoms with E-state index < -0.39 is 5.79 Å². The minimum absolute atomic E-state index is 0.120. The molecular formula is C23H26ClN5O3S. The second kappa shape index (κ2) is 10.0. The Labute approximate surface area is 201 Å². The quantitative estimate of drug-likeness (QED) is 0.472. The van der Waals surface area contributed by atoms with E-state index in [2.05, 4.69) is 15.3 Å². The van der Waals surface area contributed by atoms with Crippen molar-refractivity contribution in [2.24, 2.45) is 0 Å². The number of aromatic nitrogens is 2. The number of carbonyl (C=O) groups is 1. The van der Waals surface area contributed by atoms with Crippen molar-refractivity contribution in [3.8, 4) is 5.75 Å². The number of anilines is 1. The summed E-state index contributed by atoms with van der Waals surface area (Å²) in [5.74, 6) is -0.593. The molecule has 1 aromatic carbocycles. The van der Waals surface area contributed by atoms with E-state index in [-0.39, 0.29) is 5.91 Å². The van der Waals surface area contributed by atoms with Gasteiger partial charge in [-0.1, -0.05) is 23.7 Å². The van der Waals surface area contributed by atoms with Gasteiger partial charge in [0, 0.05) is 45.8 Å². The van der Waals surface area contributed by atoms with Crippen molar-refractivity contribution >= 4 is 34.7 Å². The maximum absolute atomic E-state index is 13.1. The Hall–Kier alpha value is -2.72. The van der Waals surface area contributed by atoms with E-state index in [1.165, 1.54) is 17.7 Å². The van der Waals surface area contributed by atoms with Crippen LogP contribution < -0.4 is 15.0 Å². The third-order valence-corrected chi connectivity index (χ3v) is 6.84. The lowest BCUT2D eigenvalue weighted by atomic mass is 10.1. The molecule has 8 nitrogen and oxygen atoms in total. The molecule has 0 saturated heterocycles. The monoisotopic (exact) mass is 487 g/mol. The van der Waals surface area contributed by atoms with Gasteiger partial charge in [-0.2, -0.15) is 0 Å². The normalized spacial score (nSPS) is 15.7. The molecule has 0 bridgehead atoms.